The molecule has 11 rings (SSSR count). The molecule has 0 spiro atoms. The zero-order valence-corrected chi connectivity index (χ0v) is 68.2. The Morgan fingerprint density at radius 2 is 0.872 bits per heavy atom. The number of β-amino-alcohol motifs (C(OH)–C–C–N with tert-alkyl or cyclic N) is 2. The van der Waals surface area contributed by atoms with Gasteiger partial charge in [0.15, 0.2) is 0 Å². The van der Waals surface area contributed by atoms with Crippen molar-refractivity contribution in [1.29, 1.82) is 0 Å². The number of likely N-dealkylation sites (tertiary alicyclic amines) is 2. The summed E-state index contributed by atoms with van der Waals surface area (Å²) in [5.41, 5.74) is 9.12. The van der Waals surface area contributed by atoms with Crippen LogP contribution >= 0.6 is 0 Å². The molecule has 25 nitrogen and oxygen atoms in total. The Morgan fingerprint density at radius 1 is 0.470 bits per heavy atom. The fourth-order valence-corrected chi connectivity index (χ4v) is 11.8. The maximum absolute atomic E-state index is 12.5. The third kappa shape index (κ3) is 39.3. The number of halogens is 6. The normalized spacial score (nSPS) is 19.4. The summed E-state index contributed by atoms with van der Waals surface area (Å²) in [7, 11) is 0. The van der Waals surface area contributed by atoms with Crippen LogP contribution in [0.5, 0.6) is 5.75 Å². The summed E-state index contributed by atoms with van der Waals surface area (Å²) in [5.74, 6) is -1.85. The summed E-state index contributed by atoms with van der Waals surface area (Å²) in [6.45, 7) is 23.0. The van der Waals surface area contributed by atoms with Crippen molar-refractivity contribution in [1.82, 2.24) is 30.4 Å². The van der Waals surface area contributed by atoms with Crippen molar-refractivity contribution in [2.75, 3.05) is 31.5 Å². The molecule has 6 heterocycles. The molecule has 4 aliphatic heterocycles. The molecule has 0 radical (unpaired) electrons. The van der Waals surface area contributed by atoms with E-state index >= 15 is 0 Å². The third-order valence-corrected chi connectivity index (χ3v) is 16.8. The number of nitrogens with two attached hydrogens (primary N) is 1. The number of pyridine rings is 2. The van der Waals surface area contributed by atoms with Crippen LogP contribution in [-0.4, -0.2) is 163 Å². The summed E-state index contributed by atoms with van der Waals surface area (Å²) in [6.07, 6.45) is -5.72. The first kappa shape index (κ1) is 97.0. The predicted molar refractivity (Wildman–Crippen MR) is 426 cm³/mol. The predicted octanol–water partition coefficient (Wildman–Crippen LogP) is 17.3. The fourth-order valence-electron chi connectivity index (χ4n) is 11.8. The maximum Gasteiger partial charge on any atom is 0.522 e. The summed E-state index contributed by atoms with van der Waals surface area (Å²) in [5, 5.41) is 36.9. The number of aromatic nitrogens is 2. The number of carbonyl (C=O) groups is 7. The van der Waals surface area contributed by atoms with Crippen LogP contribution in [0.2, 0.25) is 0 Å². The number of amides is 4. The molecule has 0 bridgehead atoms. The van der Waals surface area contributed by atoms with Gasteiger partial charge in [-0.25, -0.2) is 19.2 Å². The minimum atomic E-state index is -4.72. The van der Waals surface area contributed by atoms with E-state index in [9.17, 15) is 70.1 Å². The van der Waals surface area contributed by atoms with Crippen LogP contribution in [0.3, 0.4) is 0 Å². The number of alkyl halides is 6. The van der Waals surface area contributed by atoms with E-state index in [0.29, 0.717) is 38.3 Å². The highest BCUT2D eigenvalue weighted by Crippen LogP contribution is 2.37. The second kappa shape index (κ2) is 45.8. The van der Waals surface area contributed by atoms with E-state index in [1.54, 1.807) is 79.3 Å². The molecule has 2 aromatic heterocycles. The van der Waals surface area contributed by atoms with Crippen molar-refractivity contribution in [3.8, 4) is 17.0 Å². The summed E-state index contributed by atoms with van der Waals surface area (Å²) in [6, 6.07) is 54.1. The van der Waals surface area contributed by atoms with Gasteiger partial charge in [0.2, 0.25) is 11.7 Å². The van der Waals surface area contributed by atoms with Crippen LogP contribution in [0.15, 0.2) is 188 Å². The van der Waals surface area contributed by atoms with Crippen LogP contribution in [0.25, 0.3) is 11.3 Å². The zero-order chi connectivity index (χ0) is 86.9. The number of nitrogens with zero attached hydrogens (tertiary/aromatic N) is 4. The van der Waals surface area contributed by atoms with E-state index in [2.05, 4.69) is 64.4 Å². The number of piperidine rings is 4. The van der Waals surface area contributed by atoms with Crippen LogP contribution < -0.4 is 21.7 Å². The molecular weight excluding hydrogens is 1530 g/mol. The van der Waals surface area contributed by atoms with E-state index in [0.717, 1.165) is 60.7 Å². The number of anilines is 1. The summed E-state index contributed by atoms with van der Waals surface area (Å²) >= 11 is 0. The number of aromatic hydroxyl groups is 1. The summed E-state index contributed by atoms with van der Waals surface area (Å²) < 4.78 is 106. The minimum Gasteiger partial charge on any atom is -0.506 e. The average Bonchev–Trinajstić information content (AvgIpc) is 0.834. The zero-order valence-electron chi connectivity index (χ0n) is 68.2. The molecular formula is C86H110F6N8O17. The molecule has 4 fully saturated rings. The van der Waals surface area contributed by atoms with Crippen molar-refractivity contribution in [3.63, 3.8) is 0 Å². The van der Waals surface area contributed by atoms with Gasteiger partial charge in [0, 0.05) is 43.9 Å². The highest BCUT2D eigenvalue weighted by atomic mass is 19.4. The number of aliphatic hydroxyl groups is 2. The number of ketones is 1. The molecule has 8 atom stereocenters. The topological polar surface area (TPSA) is 339 Å². The smallest absolute Gasteiger partial charge is 0.506 e. The monoisotopic (exact) mass is 1640 g/mol. The number of carbonyl (C=O) groups excluding carboxylic acids is 7. The van der Waals surface area contributed by atoms with Crippen molar-refractivity contribution < 1.29 is 108 Å². The molecule has 638 valence electrons. The van der Waals surface area contributed by atoms with Gasteiger partial charge in [-0.15, -0.1) is 26.3 Å². The van der Waals surface area contributed by atoms with Gasteiger partial charge in [-0.05, 0) is 175 Å². The molecule has 4 amide bonds. The summed E-state index contributed by atoms with van der Waals surface area (Å²) in [4.78, 5) is 90.0. The van der Waals surface area contributed by atoms with Crippen molar-refractivity contribution >= 4 is 47.8 Å². The fraction of sp³-hybridized carbons (Fsp3) is 0.453. The van der Waals surface area contributed by atoms with Crippen LogP contribution in [-0.2, 0) is 42.7 Å². The van der Waals surface area contributed by atoms with Gasteiger partial charge in [-0.2, -0.15) is 0 Å². The van der Waals surface area contributed by atoms with Gasteiger partial charge in [-0.3, -0.25) is 43.6 Å². The van der Waals surface area contributed by atoms with Gasteiger partial charge < -0.3 is 60.7 Å². The number of nitrogens with one attached hydrogen (secondary N) is 3. The number of ether oxygens (including phenoxy) is 7. The molecule has 0 aliphatic carbocycles. The van der Waals surface area contributed by atoms with E-state index in [1.165, 1.54) is 35.1 Å². The first-order valence-electron chi connectivity index (χ1n) is 38.1. The molecule has 4 saturated heterocycles. The minimum absolute atomic E-state index is 0.0190. The first-order valence-corrected chi connectivity index (χ1v) is 38.1. The molecule has 117 heavy (non-hydrogen) atoms. The lowest BCUT2D eigenvalue weighted by molar-refractivity contribution is -0.346. The van der Waals surface area contributed by atoms with Crippen LogP contribution in [0, 0.1) is 0 Å². The lowest BCUT2D eigenvalue weighted by Crippen LogP contribution is -2.48. The highest BCUT2D eigenvalue weighted by molar-refractivity contribution is 6.39. The van der Waals surface area contributed by atoms with E-state index in [4.69, 9.17) is 29.8 Å². The largest absolute Gasteiger partial charge is 0.522 e. The third-order valence-electron chi connectivity index (χ3n) is 16.8. The SMILES string of the molecule is CC(=O)C(=O)Nc1cncc(C(N)=O)c1.CC(C)(C)OC(=O)N1CC(O)CCC1c1ccccc1.CC(C)(C)OC(=O)N1CC(OC(F)(F)F)CCC1c1ccccc1.CC(C)(C)OC(=O)OC(=O)OC(C)(C)C.FC(F)(F)OC1CCC(c2ccccc2)NC1.OC1CCC(c2ccccc2)NC1.Oc1ccc(-c2ccccc2)nc1. The van der Waals surface area contributed by atoms with Gasteiger partial charge in [0.05, 0.1) is 78.9 Å². The molecule has 7 aromatic rings. The number of hydrogen-bond acceptors (Lipinski definition) is 21. The Kier molecular flexibility index (Phi) is 38.0. The number of hydrogen-bond donors (Lipinski definition) is 7. The standard InChI is InChI=1S/C17H22F3NO3.C16H23NO3.C12H14F3NO.C11H15NO.C11H9NO.C10H18O5.C9H9N3O3/c1-16(2,3)24-15(22)21-11-13(23-17(18,19)20)9-10-14(21)12-7-5-4-6-8-12;1-16(2,3)20-15(19)17-11-13(18)9-10-14(17)12-7-5-4-6-8-12;13-12(14,15)17-10-6-7-11(16-8-10)9-4-2-1-3-5-9;2*13-10-6-7-11(12-8-10)9-4-2-1-3-5-9;1-9(2,3)14-7(11)13-8(12)15-10(4,5)6;1-5(13)9(15)12-7-2-6(8(10)14)3-11-4-7/h4-8,13-14H,9-11H2,1-3H3;4-8,13-14,18H,9-11H2,1-3H3;1-5,10-11,16H,6-8H2;1-5,10-13H,6-8H2;1-8,13H;1-6H3;2-4H,1H3,(H2,10,14)(H,12,15). The van der Waals surface area contributed by atoms with Crippen LogP contribution in [0.1, 0.15) is 198 Å². The number of primary amides is 1. The van der Waals surface area contributed by atoms with Gasteiger partial charge in [-0.1, -0.05) is 152 Å². The van der Waals surface area contributed by atoms with E-state index in [1.807, 2.05) is 148 Å². The highest BCUT2D eigenvalue weighted by Gasteiger charge is 2.42. The second-order valence-corrected chi connectivity index (χ2v) is 31.5. The Hall–Kier alpha value is -10.6. The van der Waals surface area contributed by atoms with E-state index < -0.39 is 89.4 Å². The molecule has 5 aromatic carbocycles. The number of benzene rings is 5. The van der Waals surface area contributed by atoms with Gasteiger partial charge >= 0.3 is 37.2 Å². The molecule has 8 N–H and O–H groups in total. The van der Waals surface area contributed by atoms with Crippen molar-refractivity contribution in [3.05, 3.63) is 216 Å². The molecule has 8 unspecified atom stereocenters. The van der Waals surface area contributed by atoms with E-state index in [-0.39, 0.29) is 66.8 Å². The first-order chi connectivity index (χ1) is 54.7. The number of Topliss-reactive ketones (excluding diaryl/α,β-unsaturated/α-hetero) is 1. The Labute approximate surface area is 679 Å². The molecule has 31 heteroatoms. The molecule has 4 aliphatic rings. The van der Waals surface area contributed by atoms with Crippen molar-refractivity contribution in [2.24, 2.45) is 5.73 Å². The Balaban J connectivity index is 0.000000246. The van der Waals surface area contributed by atoms with Gasteiger partial charge in [0.25, 0.3) is 5.91 Å². The number of aliphatic hydroxyl groups excluding tert-OH is 2. The van der Waals surface area contributed by atoms with Crippen LogP contribution in [0.4, 0.5) is 51.2 Å². The Morgan fingerprint density at radius 3 is 1.26 bits per heavy atom. The lowest BCUT2D eigenvalue weighted by Gasteiger charge is -2.40. The molecule has 0 saturated carbocycles. The average molecular weight is 1640 g/mol. The Bertz CT molecular complexity index is 4130. The van der Waals surface area contributed by atoms with Gasteiger partial charge in [0.1, 0.15) is 28.2 Å². The van der Waals surface area contributed by atoms with Crippen molar-refractivity contribution in [2.45, 2.75) is 225 Å². The maximum atomic E-state index is 12.5. The second-order valence-electron chi connectivity index (χ2n) is 31.5. The number of rotatable bonds is 10. The quantitative estimate of drug-likeness (QED) is 0.0220. The lowest BCUT2D eigenvalue weighted by atomic mass is 9.94.